The van der Waals surface area contributed by atoms with Crippen molar-refractivity contribution in [1.82, 2.24) is 4.90 Å². The highest BCUT2D eigenvalue weighted by molar-refractivity contribution is 6.68. The fraction of sp³-hybridized carbons (Fsp3) is 0.273. The summed E-state index contributed by atoms with van der Waals surface area (Å²) in [7, 11) is 1.64. The van der Waals surface area contributed by atoms with Crippen molar-refractivity contribution in [2.45, 2.75) is 12.1 Å². The number of nitrogens with zero attached hydrogens (tertiary/aromatic N) is 3. The number of carbonyl (C=O) groups is 2. The molecule has 154 valence electrons. The van der Waals surface area contributed by atoms with Crippen LogP contribution in [0.4, 0.5) is 5.69 Å². The van der Waals surface area contributed by atoms with Crippen molar-refractivity contribution >= 4 is 29.0 Å². The van der Waals surface area contributed by atoms with Gasteiger partial charge in [-0.25, -0.2) is 0 Å². The predicted molar refractivity (Wildman–Crippen MR) is 115 cm³/mol. The second-order valence-electron chi connectivity index (χ2n) is 7.23. The minimum Gasteiger partial charge on any atom is -0.382 e. The van der Waals surface area contributed by atoms with E-state index < -0.39 is 5.91 Å². The molecular formula is C22H23N5O3. The largest absolute Gasteiger partial charge is 0.382 e. The lowest BCUT2D eigenvalue weighted by Gasteiger charge is -2.38. The third-order valence-corrected chi connectivity index (χ3v) is 5.20. The van der Waals surface area contributed by atoms with Gasteiger partial charge in [0.25, 0.3) is 11.8 Å². The molecule has 8 nitrogen and oxygen atoms in total. The van der Waals surface area contributed by atoms with E-state index in [9.17, 15) is 9.59 Å². The average molecular weight is 405 g/mol. The Kier molecular flexibility index (Phi) is 5.58. The van der Waals surface area contributed by atoms with Crippen LogP contribution in [0.15, 0.2) is 64.6 Å². The number of rotatable bonds is 5. The molecular weight excluding hydrogens is 382 g/mol. The van der Waals surface area contributed by atoms with Crippen LogP contribution in [-0.4, -0.2) is 61.1 Å². The van der Waals surface area contributed by atoms with Gasteiger partial charge in [-0.05, 0) is 29.8 Å². The topological polar surface area (TPSA) is 109 Å². The van der Waals surface area contributed by atoms with Gasteiger partial charge < -0.3 is 20.7 Å². The zero-order valence-corrected chi connectivity index (χ0v) is 16.6. The number of hydrogen-bond acceptors (Lipinski definition) is 6. The van der Waals surface area contributed by atoms with Crippen molar-refractivity contribution in [3.63, 3.8) is 0 Å². The van der Waals surface area contributed by atoms with Crippen LogP contribution >= 0.6 is 0 Å². The highest BCUT2D eigenvalue weighted by Gasteiger charge is 2.31. The Balaban J connectivity index is 1.51. The molecule has 2 aromatic carbocycles. The number of anilines is 1. The number of likely N-dealkylation sites (tertiary alicyclic amines) is 1. The first-order chi connectivity index (χ1) is 14.5. The molecule has 1 fully saturated rings. The van der Waals surface area contributed by atoms with E-state index in [1.165, 1.54) is 0 Å². The van der Waals surface area contributed by atoms with Gasteiger partial charge in [0, 0.05) is 31.5 Å². The van der Waals surface area contributed by atoms with Crippen molar-refractivity contribution < 1.29 is 14.3 Å². The number of nitrogens with two attached hydrogens (primary N) is 1. The molecule has 0 spiro atoms. The van der Waals surface area contributed by atoms with E-state index in [1.54, 1.807) is 36.3 Å². The quantitative estimate of drug-likeness (QED) is 0.788. The molecule has 2 aromatic rings. The van der Waals surface area contributed by atoms with E-state index >= 15 is 0 Å². The van der Waals surface area contributed by atoms with E-state index in [0.717, 1.165) is 5.56 Å². The molecule has 30 heavy (non-hydrogen) atoms. The lowest BCUT2D eigenvalue weighted by Crippen LogP contribution is -2.54. The summed E-state index contributed by atoms with van der Waals surface area (Å²) in [6, 6.07) is 16.0. The fourth-order valence-electron chi connectivity index (χ4n) is 3.40. The maximum absolute atomic E-state index is 12.7. The minimum atomic E-state index is -0.412. The van der Waals surface area contributed by atoms with Gasteiger partial charge in [0.05, 0.1) is 18.7 Å². The van der Waals surface area contributed by atoms with Crippen LogP contribution in [0.1, 0.15) is 22.0 Å². The number of nitrogens with one attached hydrogen (secondary N) is 1. The van der Waals surface area contributed by atoms with Crippen molar-refractivity contribution in [1.29, 1.82) is 0 Å². The minimum absolute atomic E-state index is 0.0463. The van der Waals surface area contributed by atoms with Gasteiger partial charge >= 0.3 is 0 Å². The van der Waals surface area contributed by atoms with E-state index in [2.05, 4.69) is 15.3 Å². The van der Waals surface area contributed by atoms with E-state index in [4.69, 9.17) is 10.5 Å². The normalized spacial score (nSPS) is 18.8. The van der Waals surface area contributed by atoms with Crippen molar-refractivity contribution in [2.24, 2.45) is 15.7 Å². The SMILES string of the molecule is COC1CN(C(=O)c2cccc(C3CN=C(N)C(C(=O)Nc4ccccc4)=N3)c2)C1. The molecule has 0 bridgehead atoms. The number of carbonyl (C=O) groups excluding carboxylic acids is 2. The highest BCUT2D eigenvalue weighted by Crippen LogP contribution is 2.24. The number of benzene rings is 2. The first-order valence-corrected chi connectivity index (χ1v) is 9.71. The van der Waals surface area contributed by atoms with Gasteiger partial charge in [0.2, 0.25) is 0 Å². The number of ether oxygens (including phenoxy) is 1. The summed E-state index contributed by atoms with van der Waals surface area (Å²) in [5.74, 6) is -0.348. The Morgan fingerprint density at radius 2 is 1.90 bits per heavy atom. The van der Waals surface area contributed by atoms with Gasteiger partial charge in [0.15, 0.2) is 5.71 Å². The molecule has 1 atom stereocenters. The summed E-state index contributed by atoms with van der Waals surface area (Å²) < 4.78 is 5.23. The van der Waals surface area contributed by atoms with Crippen LogP contribution in [0.2, 0.25) is 0 Å². The lowest BCUT2D eigenvalue weighted by molar-refractivity contribution is -0.110. The van der Waals surface area contributed by atoms with Crippen LogP contribution in [0.3, 0.4) is 0 Å². The smallest absolute Gasteiger partial charge is 0.277 e. The Labute approximate surface area is 174 Å². The molecule has 4 rings (SSSR count). The number of amidine groups is 1. The molecule has 3 N–H and O–H groups in total. The maximum atomic E-state index is 12.7. The van der Waals surface area contributed by atoms with Crippen molar-refractivity contribution in [2.75, 3.05) is 32.1 Å². The number of methoxy groups -OCH3 is 1. The van der Waals surface area contributed by atoms with Crippen LogP contribution in [0, 0.1) is 0 Å². The van der Waals surface area contributed by atoms with Gasteiger partial charge in [-0.15, -0.1) is 0 Å². The monoisotopic (exact) mass is 405 g/mol. The van der Waals surface area contributed by atoms with Gasteiger partial charge in [-0.3, -0.25) is 19.6 Å². The molecule has 2 aliphatic rings. The second kappa shape index (κ2) is 8.46. The summed E-state index contributed by atoms with van der Waals surface area (Å²) >= 11 is 0. The van der Waals surface area contributed by atoms with E-state index in [0.29, 0.717) is 30.9 Å². The van der Waals surface area contributed by atoms with Gasteiger partial charge in [0.1, 0.15) is 5.84 Å². The molecule has 2 heterocycles. The van der Waals surface area contributed by atoms with Gasteiger partial charge in [-0.1, -0.05) is 30.3 Å². The molecule has 1 unspecified atom stereocenters. The zero-order valence-electron chi connectivity index (χ0n) is 16.6. The third kappa shape index (κ3) is 4.08. The molecule has 2 aliphatic heterocycles. The molecule has 0 aliphatic carbocycles. The fourth-order valence-corrected chi connectivity index (χ4v) is 3.40. The summed E-state index contributed by atoms with van der Waals surface area (Å²) in [5.41, 5.74) is 8.06. The Morgan fingerprint density at radius 3 is 2.63 bits per heavy atom. The Hall–Kier alpha value is -3.52. The number of para-hydroxylation sites is 1. The van der Waals surface area contributed by atoms with Crippen molar-refractivity contribution in [3.05, 3.63) is 65.7 Å². The maximum Gasteiger partial charge on any atom is 0.277 e. The summed E-state index contributed by atoms with van der Waals surface area (Å²) in [5, 5.41) is 2.78. The molecule has 2 amide bonds. The third-order valence-electron chi connectivity index (χ3n) is 5.20. The highest BCUT2D eigenvalue weighted by atomic mass is 16.5. The van der Waals surface area contributed by atoms with E-state index in [1.807, 2.05) is 30.3 Å². The zero-order chi connectivity index (χ0) is 21.1. The first-order valence-electron chi connectivity index (χ1n) is 9.71. The van der Waals surface area contributed by atoms with Crippen molar-refractivity contribution in [3.8, 4) is 0 Å². The molecule has 8 heteroatoms. The predicted octanol–water partition coefficient (Wildman–Crippen LogP) is 1.65. The molecule has 0 aromatic heterocycles. The van der Waals surface area contributed by atoms with Crippen LogP contribution < -0.4 is 11.1 Å². The Bertz CT molecular complexity index is 1010. The molecule has 0 saturated carbocycles. The average Bonchev–Trinajstić information content (AvgIpc) is 2.74. The molecule has 1 saturated heterocycles. The summed E-state index contributed by atoms with van der Waals surface area (Å²) in [6.07, 6.45) is 0.100. The molecule has 0 radical (unpaired) electrons. The van der Waals surface area contributed by atoms with E-state index in [-0.39, 0.29) is 29.6 Å². The van der Waals surface area contributed by atoms with Crippen LogP contribution in [-0.2, 0) is 9.53 Å². The lowest BCUT2D eigenvalue weighted by atomic mass is 10.0. The number of amides is 2. The first kappa shape index (κ1) is 19.8. The summed E-state index contributed by atoms with van der Waals surface area (Å²) in [6.45, 7) is 1.50. The van der Waals surface area contributed by atoms with Crippen LogP contribution in [0.5, 0.6) is 0 Å². The summed E-state index contributed by atoms with van der Waals surface area (Å²) in [4.78, 5) is 35.9. The second-order valence-corrected chi connectivity index (χ2v) is 7.23. The number of hydrogen-bond donors (Lipinski definition) is 2. The number of aliphatic imine (C=N–C) groups is 2. The van der Waals surface area contributed by atoms with Gasteiger partial charge in [-0.2, -0.15) is 0 Å². The van der Waals surface area contributed by atoms with Crippen LogP contribution in [0.25, 0.3) is 0 Å². The standard InChI is InChI=1S/C22H23N5O3/c1-30-17-12-27(13-17)22(29)15-7-5-6-14(10-15)18-11-24-20(23)19(26-18)21(28)25-16-8-3-2-4-9-16/h2-10,17-18H,11-13H2,1H3,(H2,23,24)(H,25,28). The Morgan fingerprint density at radius 1 is 1.13 bits per heavy atom.